The van der Waals surface area contributed by atoms with Gasteiger partial charge in [0.05, 0.1) is 18.8 Å². The number of benzene rings is 1. The topological polar surface area (TPSA) is 30.9 Å². The van der Waals surface area contributed by atoms with Crippen molar-refractivity contribution in [2.45, 2.75) is 71.6 Å². The van der Waals surface area contributed by atoms with E-state index in [-0.39, 0.29) is 6.10 Å². The van der Waals surface area contributed by atoms with E-state index in [9.17, 15) is 0 Å². The van der Waals surface area contributed by atoms with Crippen LogP contribution in [0.5, 0.6) is 11.5 Å². The zero-order valence-electron chi connectivity index (χ0n) is 16.9. The molecule has 1 aliphatic heterocycles. The standard InChI is InChI=1S/C22H35NO3/c1-5-25-20-14-18(9-10-19(20)26-17(2)3)15-23-13-7-12-22(16-23)11-6-8-21(22)24-4/h9-10,14,17,21H,5-8,11-13,15-16H2,1-4H3/t21-,22+/m1/s1. The summed E-state index contributed by atoms with van der Waals surface area (Å²) in [7, 11) is 1.89. The molecule has 1 aliphatic carbocycles. The van der Waals surface area contributed by atoms with E-state index in [2.05, 4.69) is 23.1 Å². The van der Waals surface area contributed by atoms with Gasteiger partial charge in [0.1, 0.15) is 0 Å². The third kappa shape index (κ3) is 4.34. The van der Waals surface area contributed by atoms with Gasteiger partial charge in [0.2, 0.25) is 0 Å². The molecule has 0 N–H and O–H groups in total. The van der Waals surface area contributed by atoms with Crippen molar-refractivity contribution in [3.63, 3.8) is 0 Å². The van der Waals surface area contributed by atoms with Crippen molar-refractivity contribution in [1.29, 1.82) is 0 Å². The Morgan fingerprint density at radius 1 is 1.19 bits per heavy atom. The molecule has 2 aliphatic rings. The van der Waals surface area contributed by atoms with Crippen LogP contribution in [0.1, 0.15) is 58.4 Å². The molecule has 0 radical (unpaired) electrons. The van der Waals surface area contributed by atoms with Gasteiger partial charge in [0.25, 0.3) is 0 Å². The molecule has 3 rings (SSSR count). The highest BCUT2D eigenvalue weighted by Gasteiger charge is 2.45. The summed E-state index contributed by atoms with van der Waals surface area (Å²) in [6.07, 6.45) is 7.01. The Kier molecular flexibility index (Phi) is 6.46. The van der Waals surface area contributed by atoms with E-state index in [1.54, 1.807) is 0 Å². The lowest BCUT2D eigenvalue weighted by Crippen LogP contribution is -2.47. The Hall–Kier alpha value is -1.26. The van der Waals surface area contributed by atoms with E-state index in [0.717, 1.165) is 24.6 Å². The van der Waals surface area contributed by atoms with Crippen LogP contribution in [0.25, 0.3) is 0 Å². The molecule has 2 fully saturated rings. The molecule has 0 bridgehead atoms. The maximum Gasteiger partial charge on any atom is 0.161 e. The molecule has 146 valence electrons. The second-order valence-electron chi connectivity index (χ2n) is 8.17. The average Bonchev–Trinajstić information content (AvgIpc) is 2.99. The van der Waals surface area contributed by atoms with Crippen LogP contribution in [0.3, 0.4) is 0 Å². The lowest BCUT2D eigenvalue weighted by molar-refractivity contribution is -0.0366. The van der Waals surface area contributed by atoms with E-state index < -0.39 is 0 Å². The van der Waals surface area contributed by atoms with Crippen LogP contribution < -0.4 is 9.47 Å². The predicted octanol–water partition coefficient (Wildman–Crippen LogP) is 4.65. The number of ether oxygens (including phenoxy) is 3. The molecule has 1 heterocycles. The van der Waals surface area contributed by atoms with Crippen LogP contribution >= 0.6 is 0 Å². The molecule has 1 spiro atoms. The molecule has 0 unspecified atom stereocenters. The van der Waals surface area contributed by atoms with Crippen LogP contribution in [0.4, 0.5) is 0 Å². The second kappa shape index (κ2) is 8.62. The Balaban J connectivity index is 1.70. The van der Waals surface area contributed by atoms with Crippen LogP contribution in [-0.2, 0) is 11.3 Å². The summed E-state index contributed by atoms with van der Waals surface area (Å²) in [5.74, 6) is 1.71. The quantitative estimate of drug-likeness (QED) is 0.707. The number of hydrogen-bond acceptors (Lipinski definition) is 4. The van der Waals surface area contributed by atoms with Gasteiger partial charge in [-0.15, -0.1) is 0 Å². The fraction of sp³-hybridized carbons (Fsp3) is 0.727. The predicted molar refractivity (Wildman–Crippen MR) is 105 cm³/mol. The zero-order chi connectivity index (χ0) is 18.6. The van der Waals surface area contributed by atoms with Crippen molar-refractivity contribution in [1.82, 2.24) is 4.90 Å². The SMILES string of the molecule is CCOc1cc(CN2CCC[C@@]3(CCC[C@H]3OC)C2)ccc1OC(C)C. The van der Waals surface area contributed by atoms with Crippen molar-refractivity contribution < 1.29 is 14.2 Å². The van der Waals surface area contributed by atoms with E-state index in [1.807, 2.05) is 27.9 Å². The third-order valence-corrected chi connectivity index (χ3v) is 5.87. The minimum Gasteiger partial charge on any atom is -0.490 e. The number of rotatable bonds is 7. The maximum atomic E-state index is 5.89. The molecule has 4 nitrogen and oxygen atoms in total. The zero-order valence-corrected chi connectivity index (χ0v) is 16.9. The Labute approximate surface area is 158 Å². The molecule has 1 aromatic rings. The fourth-order valence-electron chi connectivity index (χ4n) is 4.86. The molecule has 1 saturated heterocycles. The Morgan fingerprint density at radius 2 is 2.00 bits per heavy atom. The first-order chi connectivity index (χ1) is 12.6. The molecule has 26 heavy (non-hydrogen) atoms. The van der Waals surface area contributed by atoms with Crippen LogP contribution in [0.2, 0.25) is 0 Å². The lowest BCUT2D eigenvalue weighted by atomic mass is 9.76. The molecule has 1 saturated carbocycles. The Morgan fingerprint density at radius 3 is 2.73 bits per heavy atom. The van der Waals surface area contributed by atoms with Crippen molar-refractivity contribution in [2.75, 3.05) is 26.8 Å². The first-order valence-corrected chi connectivity index (χ1v) is 10.2. The normalized spacial score (nSPS) is 26.6. The number of hydrogen-bond donors (Lipinski definition) is 0. The third-order valence-electron chi connectivity index (χ3n) is 5.87. The molecule has 0 aromatic heterocycles. The van der Waals surface area contributed by atoms with E-state index in [0.29, 0.717) is 18.1 Å². The largest absolute Gasteiger partial charge is 0.490 e. The minimum absolute atomic E-state index is 0.148. The smallest absolute Gasteiger partial charge is 0.161 e. The molecular formula is C22H35NO3. The minimum atomic E-state index is 0.148. The monoisotopic (exact) mass is 361 g/mol. The van der Waals surface area contributed by atoms with E-state index >= 15 is 0 Å². The van der Waals surface area contributed by atoms with Gasteiger partial charge in [-0.25, -0.2) is 0 Å². The van der Waals surface area contributed by atoms with Gasteiger partial charge in [-0.05, 0) is 70.7 Å². The summed E-state index contributed by atoms with van der Waals surface area (Å²) in [6.45, 7) is 10.1. The highest BCUT2D eigenvalue weighted by atomic mass is 16.5. The van der Waals surface area contributed by atoms with Gasteiger partial charge < -0.3 is 14.2 Å². The van der Waals surface area contributed by atoms with Crippen molar-refractivity contribution in [3.05, 3.63) is 23.8 Å². The molecule has 2 atom stereocenters. The second-order valence-corrected chi connectivity index (χ2v) is 8.17. The number of likely N-dealkylation sites (tertiary alicyclic amines) is 1. The number of piperidine rings is 1. The van der Waals surface area contributed by atoms with Gasteiger partial charge in [-0.1, -0.05) is 12.5 Å². The van der Waals surface area contributed by atoms with Crippen LogP contribution in [0, 0.1) is 5.41 Å². The average molecular weight is 362 g/mol. The summed E-state index contributed by atoms with van der Waals surface area (Å²) in [5, 5.41) is 0. The van der Waals surface area contributed by atoms with Gasteiger partial charge in [0.15, 0.2) is 11.5 Å². The fourth-order valence-corrected chi connectivity index (χ4v) is 4.86. The summed E-state index contributed by atoms with van der Waals surface area (Å²) in [6, 6.07) is 6.41. The number of methoxy groups -OCH3 is 1. The van der Waals surface area contributed by atoms with Gasteiger partial charge in [0, 0.05) is 25.6 Å². The molecule has 1 aromatic carbocycles. The van der Waals surface area contributed by atoms with Gasteiger partial charge in [-0.2, -0.15) is 0 Å². The van der Waals surface area contributed by atoms with Crippen molar-refractivity contribution >= 4 is 0 Å². The van der Waals surface area contributed by atoms with Gasteiger partial charge in [-0.3, -0.25) is 4.90 Å². The molecule has 4 heteroatoms. The first kappa shape index (κ1) is 19.5. The highest BCUT2D eigenvalue weighted by Crippen LogP contribution is 2.46. The Bertz CT molecular complexity index is 589. The highest BCUT2D eigenvalue weighted by molar-refractivity contribution is 5.43. The van der Waals surface area contributed by atoms with E-state index in [1.165, 1.54) is 44.2 Å². The van der Waals surface area contributed by atoms with E-state index in [4.69, 9.17) is 14.2 Å². The van der Waals surface area contributed by atoms with Crippen LogP contribution in [0.15, 0.2) is 18.2 Å². The summed E-state index contributed by atoms with van der Waals surface area (Å²) in [4.78, 5) is 2.61. The molecule has 0 amide bonds. The summed E-state index contributed by atoms with van der Waals surface area (Å²) < 4.78 is 17.6. The maximum absolute atomic E-state index is 5.89. The van der Waals surface area contributed by atoms with Crippen molar-refractivity contribution in [3.8, 4) is 11.5 Å². The van der Waals surface area contributed by atoms with Crippen molar-refractivity contribution in [2.24, 2.45) is 5.41 Å². The molecular weight excluding hydrogens is 326 g/mol. The van der Waals surface area contributed by atoms with Crippen LogP contribution in [-0.4, -0.2) is 43.9 Å². The number of nitrogens with zero attached hydrogens (tertiary/aromatic N) is 1. The lowest BCUT2D eigenvalue weighted by Gasteiger charge is -2.43. The first-order valence-electron chi connectivity index (χ1n) is 10.2. The summed E-state index contributed by atoms with van der Waals surface area (Å²) in [5.41, 5.74) is 1.67. The van der Waals surface area contributed by atoms with Gasteiger partial charge >= 0.3 is 0 Å². The summed E-state index contributed by atoms with van der Waals surface area (Å²) >= 11 is 0.